The Hall–Kier alpha value is -2.86. The van der Waals surface area contributed by atoms with Crippen LogP contribution in [0.4, 0.5) is 10.8 Å². The number of benzene rings is 1. The quantitative estimate of drug-likeness (QED) is 0.506. The predicted molar refractivity (Wildman–Crippen MR) is 98.9 cm³/mol. The normalized spacial score (nSPS) is 11.0. The van der Waals surface area contributed by atoms with Gasteiger partial charge < -0.3 is 14.5 Å². The van der Waals surface area contributed by atoms with Gasteiger partial charge in [0.2, 0.25) is 0 Å². The number of ether oxygens (including phenoxy) is 1. The number of hydrogen-bond donors (Lipinski definition) is 1. The monoisotopic (exact) mass is 354 g/mol. The Balaban J connectivity index is 1.50. The Labute approximate surface area is 150 Å². The minimum Gasteiger partial charge on any atom is -0.462 e. The van der Waals surface area contributed by atoms with E-state index in [9.17, 15) is 4.79 Å². The van der Waals surface area contributed by atoms with Gasteiger partial charge >= 0.3 is 5.97 Å². The fourth-order valence-electron chi connectivity index (χ4n) is 2.08. The molecule has 2 heterocycles. The molecule has 3 rings (SSSR count). The lowest BCUT2D eigenvalue weighted by Crippen LogP contribution is -2.01. The first-order valence-corrected chi connectivity index (χ1v) is 8.66. The average molecular weight is 354 g/mol. The summed E-state index contributed by atoms with van der Waals surface area (Å²) >= 11 is 1.47. The molecule has 1 aromatic carbocycles. The molecule has 0 fully saturated rings. The maximum absolute atomic E-state index is 11.7. The van der Waals surface area contributed by atoms with Crippen LogP contribution in [0.15, 0.2) is 52.3 Å². The van der Waals surface area contributed by atoms with Crippen molar-refractivity contribution in [1.82, 2.24) is 4.98 Å². The van der Waals surface area contributed by atoms with Crippen molar-refractivity contribution < 1.29 is 13.9 Å². The van der Waals surface area contributed by atoms with Crippen LogP contribution in [0.2, 0.25) is 0 Å². The molecule has 1 N–H and O–H groups in total. The van der Waals surface area contributed by atoms with Crippen molar-refractivity contribution in [3.05, 3.63) is 70.6 Å². The molecule has 0 amide bonds. The average Bonchev–Trinajstić information content (AvgIpc) is 3.22. The summed E-state index contributed by atoms with van der Waals surface area (Å²) in [6, 6.07) is 11.7. The van der Waals surface area contributed by atoms with Crippen LogP contribution in [0.25, 0.3) is 6.08 Å². The molecule has 128 valence electrons. The van der Waals surface area contributed by atoms with Crippen molar-refractivity contribution in [3.63, 3.8) is 0 Å². The second-order valence-electron chi connectivity index (χ2n) is 5.52. The fraction of sp³-hybridized carbons (Fsp3) is 0.158. The molecule has 3 aromatic rings. The number of aromatic nitrogens is 1. The van der Waals surface area contributed by atoms with Crippen LogP contribution in [0.1, 0.15) is 22.8 Å². The van der Waals surface area contributed by atoms with Gasteiger partial charge in [-0.2, -0.15) is 0 Å². The van der Waals surface area contributed by atoms with Gasteiger partial charge in [-0.3, -0.25) is 0 Å². The van der Waals surface area contributed by atoms with E-state index in [4.69, 9.17) is 9.15 Å². The number of nitrogens with zero attached hydrogens (tertiary/aromatic N) is 1. The number of aryl methyl sites for hydroxylation is 2. The van der Waals surface area contributed by atoms with Crippen molar-refractivity contribution >= 4 is 34.2 Å². The second-order valence-corrected chi connectivity index (χ2v) is 6.38. The zero-order valence-corrected chi connectivity index (χ0v) is 14.8. The molecule has 0 unspecified atom stereocenters. The molecule has 0 atom stereocenters. The summed E-state index contributed by atoms with van der Waals surface area (Å²) in [7, 11) is 0. The number of carbonyl (C=O) groups excluding carboxylic acids is 1. The number of rotatable bonds is 6. The van der Waals surface area contributed by atoms with Gasteiger partial charge in [0.1, 0.15) is 18.1 Å². The highest BCUT2D eigenvalue weighted by Gasteiger charge is 2.05. The van der Waals surface area contributed by atoms with Crippen molar-refractivity contribution in [3.8, 4) is 0 Å². The molecule has 6 heteroatoms. The van der Waals surface area contributed by atoms with Gasteiger partial charge in [-0.05, 0) is 44.2 Å². The lowest BCUT2D eigenvalue weighted by atomic mass is 10.2. The summed E-state index contributed by atoms with van der Waals surface area (Å²) in [4.78, 5) is 16.1. The van der Waals surface area contributed by atoms with Crippen LogP contribution in [0, 0.1) is 13.8 Å². The fourth-order valence-corrected chi connectivity index (χ4v) is 2.79. The van der Waals surface area contributed by atoms with Crippen LogP contribution in [-0.2, 0) is 16.1 Å². The van der Waals surface area contributed by atoms with E-state index < -0.39 is 5.97 Å². The lowest BCUT2D eigenvalue weighted by Gasteiger charge is -2.02. The minimum atomic E-state index is -0.435. The first-order valence-electron chi connectivity index (χ1n) is 7.78. The summed E-state index contributed by atoms with van der Waals surface area (Å²) in [5.74, 6) is 0.979. The third-order valence-electron chi connectivity index (χ3n) is 3.36. The Morgan fingerprint density at radius 2 is 2.04 bits per heavy atom. The van der Waals surface area contributed by atoms with Crippen LogP contribution in [0.3, 0.4) is 0 Å². The number of furan rings is 1. The van der Waals surface area contributed by atoms with E-state index >= 15 is 0 Å². The molecule has 2 aromatic heterocycles. The zero-order chi connectivity index (χ0) is 17.6. The zero-order valence-electron chi connectivity index (χ0n) is 14.0. The number of carbonyl (C=O) groups is 1. The molecule has 0 radical (unpaired) electrons. The Morgan fingerprint density at radius 3 is 2.76 bits per heavy atom. The van der Waals surface area contributed by atoms with E-state index in [-0.39, 0.29) is 6.61 Å². The highest BCUT2D eigenvalue weighted by Crippen LogP contribution is 2.21. The first kappa shape index (κ1) is 17.0. The van der Waals surface area contributed by atoms with E-state index in [0.717, 1.165) is 16.6 Å². The van der Waals surface area contributed by atoms with Gasteiger partial charge in [-0.1, -0.05) is 17.7 Å². The lowest BCUT2D eigenvalue weighted by molar-refractivity contribution is -0.139. The summed E-state index contributed by atoms with van der Waals surface area (Å²) in [5, 5.41) is 5.85. The van der Waals surface area contributed by atoms with Crippen LogP contribution < -0.4 is 5.32 Å². The van der Waals surface area contributed by atoms with E-state index in [1.807, 2.05) is 49.6 Å². The molecule has 0 saturated heterocycles. The number of esters is 1. The number of nitrogens with one attached hydrogen (secondary N) is 1. The third kappa shape index (κ3) is 5.06. The maximum atomic E-state index is 11.7. The Morgan fingerprint density at radius 1 is 1.24 bits per heavy atom. The molecular weight excluding hydrogens is 336 g/mol. The number of anilines is 2. The van der Waals surface area contributed by atoms with Gasteiger partial charge in [-0.15, -0.1) is 11.3 Å². The number of thiazole rings is 1. The van der Waals surface area contributed by atoms with E-state index in [1.54, 1.807) is 12.1 Å². The first-order chi connectivity index (χ1) is 12.1. The molecule has 0 bridgehead atoms. The molecule has 0 spiro atoms. The van der Waals surface area contributed by atoms with E-state index in [0.29, 0.717) is 11.5 Å². The van der Waals surface area contributed by atoms with Crippen LogP contribution in [0.5, 0.6) is 0 Å². The predicted octanol–water partition coefficient (Wildman–Crippen LogP) is 4.85. The van der Waals surface area contributed by atoms with Crippen LogP contribution >= 0.6 is 11.3 Å². The highest BCUT2D eigenvalue weighted by molar-refractivity contribution is 7.13. The van der Waals surface area contributed by atoms with Gasteiger partial charge in [0.25, 0.3) is 0 Å². The highest BCUT2D eigenvalue weighted by atomic mass is 32.1. The molecule has 5 nitrogen and oxygen atoms in total. The molecule has 0 aliphatic heterocycles. The van der Waals surface area contributed by atoms with Crippen molar-refractivity contribution in [2.75, 3.05) is 5.32 Å². The van der Waals surface area contributed by atoms with Gasteiger partial charge in [0.15, 0.2) is 5.13 Å². The van der Waals surface area contributed by atoms with E-state index in [1.165, 1.54) is 23.0 Å². The van der Waals surface area contributed by atoms with Gasteiger partial charge in [0.05, 0.1) is 5.69 Å². The van der Waals surface area contributed by atoms with Crippen molar-refractivity contribution in [2.45, 2.75) is 20.5 Å². The molecule has 0 aliphatic rings. The van der Waals surface area contributed by atoms with Crippen molar-refractivity contribution in [2.24, 2.45) is 0 Å². The maximum Gasteiger partial charge on any atom is 0.331 e. The van der Waals surface area contributed by atoms with E-state index in [2.05, 4.69) is 10.3 Å². The summed E-state index contributed by atoms with van der Waals surface area (Å²) in [6.45, 7) is 4.02. The summed E-state index contributed by atoms with van der Waals surface area (Å²) in [5.41, 5.74) is 2.88. The topological polar surface area (TPSA) is 64.4 Å². The smallest absolute Gasteiger partial charge is 0.331 e. The van der Waals surface area contributed by atoms with Gasteiger partial charge in [-0.25, -0.2) is 9.78 Å². The molecular formula is C19H18N2O3S. The Kier molecular flexibility index (Phi) is 5.30. The molecule has 0 saturated carbocycles. The standard InChI is InChI=1S/C19H18N2O3S/c1-13-3-6-15(7-4-13)20-19-21-16(12-25-19)11-23-18(22)10-9-17-8-5-14(2)24-17/h3-10,12H,11H2,1-2H3,(H,20,21). The van der Waals surface area contributed by atoms with Crippen LogP contribution in [-0.4, -0.2) is 11.0 Å². The third-order valence-corrected chi connectivity index (χ3v) is 4.17. The second kappa shape index (κ2) is 7.81. The largest absolute Gasteiger partial charge is 0.462 e. The number of hydrogen-bond acceptors (Lipinski definition) is 6. The minimum absolute atomic E-state index is 0.131. The van der Waals surface area contributed by atoms with Crippen molar-refractivity contribution in [1.29, 1.82) is 0 Å². The molecule has 25 heavy (non-hydrogen) atoms. The Bertz CT molecular complexity index is 878. The molecule has 0 aliphatic carbocycles. The van der Waals surface area contributed by atoms with Gasteiger partial charge in [0, 0.05) is 17.1 Å². The summed E-state index contributed by atoms with van der Waals surface area (Å²) in [6.07, 6.45) is 2.93. The summed E-state index contributed by atoms with van der Waals surface area (Å²) < 4.78 is 10.5. The SMILES string of the molecule is Cc1ccc(Nc2nc(COC(=O)C=Cc3ccc(C)o3)cs2)cc1.